The molecule has 0 fully saturated rings. The lowest BCUT2D eigenvalue weighted by Gasteiger charge is -2.29. The van der Waals surface area contributed by atoms with Gasteiger partial charge in [-0.2, -0.15) is 0 Å². The van der Waals surface area contributed by atoms with Gasteiger partial charge in [-0.1, -0.05) is 13.8 Å². The van der Waals surface area contributed by atoms with Gasteiger partial charge < -0.3 is 4.74 Å². The second-order valence-electron chi connectivity index (χ2n) is 3.52. The lowest BCUT2D eigenvalue weighted by molar-refractivity contribution is -0.0108. The standard InChI is InChI=1S/C9H16N2O/c1-8(2)6-9(12-3)7-10-4-5-11-9/h4-5,8H,6-7H2,1-3H3. The van der Waals surface area contributed by atoms with E-state index in [-0.39, 0.29) is 5.72 Å². The summed E-state index contributed by atoms with van der Waals surface area (Å²) in [6, 6.07) is 0. The van der Waals surface area contributed by atoms with Crippen LogP contribution in [-0.2, 0) is 4.74 Å². The Morgan fingerprint density at radius 3 is 2.67 bits per heavy atom. The van der Waals surface area contributed by atoms with Gasteiger partial charge in [-0.05, 0) is 5.92 Å². The van der Waals surface area contributed by atoms with E-state index >= 15 is 0 Å². The fraction of sp³-hybridized carbons (Fsp3) is 0.778. The molecule has 0 aliphatic carbocycles. The zero-order valence-electron chi connectivity index (χ0n) is 7.95. The third-order valence-corrected chi connectivity index (χ3v) is 1.93. The number of aliphatic imine (C=N–C) groups is 2. The maximum atomic E-state index is 5.38. The van der Waals surface area contributed by atoms with Gasteiger partial charge >= 0.3 is 0 Å². The summed E-state index contributed by atoms with van der Waals surface area (Å²) in [4.78, 5) is 8.48. The Hall–Kier alpha value is -0.700. The molecule has 0 saturated heterocycles. The molecule has 1 unspecified atom stereocenters. The average Bonchev–Trinajstić information content (AvgIpc) is 2.05. The molecule has 3 nitrogen and oxygen atoms in total. The van der Waals surface area contributed by atoms with Crippen molar-refractivity contribution in [2.24, 2.45) is 15.9 Å². The first-order chi connectivity index (χ1) is 5.68. The van der Waals surface area contributed by atoms with Crippen molar-refractivity contribution in [1.82, 2.24) is 0 Å². The van der Waals surface area contributed by atoms with Gasteiger partial charge in [0, 0.05) is 26.0 Å². The van der Waals surface area contributed by atoms with Crippen LogP contribution in [0.4, 0.5) is 0 Å². The highest BCUT2D eigenvalue weighted by Gasteiger charge is 2.29. The van der Waals surface area contributed by atoms with E-state index in [4.69, 9.17) is 4.74 Å². The van der Waals surface area contributed by atoms with Crippen LogP contribution in [0.1, 0.15) is 20.3 Å². The van der Waals surface area contributed by atoms with Crippen LogP contribution in [0.15, 0.2) is 9.98 Å². The molecule has 1 atom stereocenters. The minimum absolute atomic E-state index is 0.386. The van der Waals surface area contributed by atoms with Crippen LogP contribution in [-0.4, -0.2) is 31.8 Å². The van der Waals surface area contributed by atoms with Crippen molar-refractivity contribution in [3.8, 4) is 0 Å². The SMILES string of the molecule is COC1(CC(C)C)CN=CC=N1. The summed E-state index contributed by atoms with van der Waals surface area (Å²) in [5.41, 5.74) is -0.386. The van der Waals surface area contributed by atoms with Gasteiger partial charge in [0.2, 0.25) is 0 Å². The van der Waals surface area contributed by atoms with Crippen LogP contribution in [0.5, 0.6) is 0 Å². The minimum atomic E-state index is -0.386. The molecule has 12 heavy (non-hydrogen) atoms. The number of nitrogens with zero attached hydrogens (tertiary/aromatic N) is 2. The third-order valence-electron chi connectivity index (χ3n) is 1.93. The number of ether oxygens (including phenoxy) is 1. The molecule has 1 aliphatic rings. The van der Waals surface area contributed by atoms with E-state index in [2.05, 4.69) is 23.8 Å². The molecule has 0 spiro atoms. The summed E-state index contributed by atoms with van der Waals surface area (Å²) in [6.07, 6.45) is 4.37. The lowest BCUT2D eigenvalue weighted by Crippen LogP contribution is -2.36. The average molecular weight is 168 g/mol. The van der Waals surface area contributed by atoms with Crippen LogP contribution in [0.3, 0.4) is 0 Å². The molecule has 0 saturated carbocycles. The van der Waals surface area contributed by atoms with Crippen LogP contribution >= 0.6 is 0 Å². The fourth-order valence-electron chi connectivity index (χ4n) is 1.41. The van der Waals surface area contributed by atoms with E-state index in [1.54, 1.807) is 19.5 Å². The topological polar surface area (TPSA) is 34.0 Å². The quantitative estimate of drug-likeness (QED) is 0.629. The molecule has 0 bridgehead atoms. The summed E-state index contributed by atoms with van der Waals surface area (Å²) < 4.78 is 5.38. The number of methoxy groups -OCH3 is 1. The van der Waals surface area contributed by atoms with Gasteiger partial charge in [-0.15, -0.1) is 0 Å². The molecular formula is C9H16N2O. The molecule has 1 rings (SSSR count). The lowest BCUT2D eigenvalue weighted by atomic mass is 10.00. The predicted molar refractivity (Wildman–Crippen MR) is 51.0 cm³/mol. The van der Waals surface area contributed by atoms with Crippen molar-refractivity contribution in [2.45, 2.75) is 26.0 Å². The highest BCUT2D eigenvalue weighted by Crippen LogP contribution is 2.23. The Morgan fingerprint density at radius 2 is 2.25 bits per heavy atom. The van der Waals surface area contributed by atoms with Gasteiger partial charge in [-0.3, -0.25) is 9.98 Å². The van der Waals surface area contributed by atoms with E-state index in [0.717, 1.165) is 6.42 Å². The summed E-state index contributed by atoms with van der Waals surface area (Å²) in [5.74, 6) is 0.579. The monoisotopic (exact) mass is 168 g/mol. The van der Waals surface area contributed by atoms with Crippen molar-refractivity contribution in [2.75, 3.05) is 13.7 Å². The second kappa shape index (κ2) is 3.81. The molecule has 0 aromatic heterocycles. The first-order valence-electron chi connectivity index (χ1n) is 4.27. The van der Waals surface area contributed by atoms with Crippen LogP contribution in [0, 0.1) is 5.92 Å². The molecule has 3 heteroatoms. The van der Waals surface area contributed by atoms with E-state index in [0.29, 0.717) is 12.5 Å². The molecular weight excluding hydrogens is 152 g/mol. The van der Waals surface area contributed by atoms with E-state index in [1.807, 2.05) is 0 Å². The Morgan fingerprint density at radius 1 is 1.50 bits per heavy atom. The second-order valence-corrected chi connectivity index (χ2v) is 3.52. The van der Waals surface area contributed by atoms with Crippen LogP contribution in [0.25, 0.3) is 0 Å². The number of rotatable bonds is 3. The Balaban J connectivity index is 2.63. The highest BCUT2D eigenvalue weighted by atomic mass is 16.5. The summed E-state index contributed by atoms with van der Waals surface area (Å²) in [5, 5.41) is 0. The largest absolute Gasteiger partial charge is 0.355 e. The molecule has 1 aliphatic heterocycles. The van der Waals surface area contributed by atoms with Gasteiger partial charge in [0.15, 0.2) is 5.72 Å². The summed E-state index contributed by atoms with van der Waals surface area (Å²) in [6.45, 7) is 4.97. The highest BCUT2D eigenvalue weighted by molar-refractivity contribution is 6.16. The first-order valence-corrected chi connectivity index (χ1v) is 4.27. The first kappa shape index (κ1) is 9.39. The number of hydrogen-bond acceptors (Lipinski definition) is 3. The van der Waals surface area contributed by atoms with E-state index in [1.165, 1.54) is 0 Å². The van der Waals surface area contributed by atoms with Crippen molar-refractivity contribution in [3.05, 3.63) is 0 Å². The molecule has 1 heterocycles. The van der Waals surface area contributed by atoms with Crippen LogP contribution < -0.4 is 0 Å². The Bertz CT molecular complexity index is 199. The molecule has 0 aromatic carbocycles. The fourth-order valence-corrected chi connectivity index (χ4v) is 1.41. The van der Waals surface area contributed by atoms with Crippen molar-refractivity contribution in [3.63, 3.8) is 0 Å². The van der Waals surface area contributed by atoms with Gasteiger partial charge in [0.1, 0.15) is 0 Å². The van der Waals surface area contributed by atoms with E-state index in [9.17, 15) is 0 Å². The zero-order valence-corrected chi connectivity index (χ0v) is 7.95. The molecule has 0 radical (unpaired) electrons. The van der Waals surface area contributed by atoms with Gasteiger partial charge in [-0.25, -0.2) is 0 Å². The summed E-state index contributed by atoms with van der Waals surface area (Å²) in [7, 11) is 1.69. The Labute approximate surface area is 73.6 Å². The molecule has 68 valence electrons. The van der Waals surface area contributed by atoms with Crippen molar-refractivity contribution < 1.29 is 4.74 Å². The molecule has 0 N–H and O–H groups in total. The molecule has 0 amide bonds. The Kier molecular flexibility index (Phi) is 2.98. The predicted octanol–water partition coefficient (Wildman–Crippen LogP) is 1.53. The van der Waals surface area contributed by atoms with Crippen molar-refractivity contribution in [1.29, 1.82) is 0 Å². The van der Waals surface area contributed by atoms with Crippen molar-refractivity contribution >= 4 is 12.4 Å². The maximum Gasteiger partial charge on any atom is 0.178 e. The normalized spacial score (nSPS) is 28.3. The maximum absolute atomic E-state index is 5.38. The number of hydrogen-bond donors (Lipinski definition) is 0. The van der Waals surface area contributed by atoms with E-state index < -0.39 is 0 Å². The summed E-state index contributed by atoms with van der Waals surface area (Å²) >= 11 is 0. The third kappa shape index (κ3) is 2.14. The minimum Gasteiger partial charge on any atom is -0.355 e. The van der Waals surface area contributed by atoms with Gasteiger partial charge in [0.05, 0.1) is 6.54 Å². The smallest absolute Gasteiger partial charge is 0.178 e. The van der Waals surface area contributed by atoms with Crippen LogP contribution in [0.2, 0.25) is 0 Å². The zero-order chi connectivity index (χ0) is 9.03. The molecule has 0 aromatic rings. The van der Waals surface area contributed by atoms with Gasteiger partial charge in [0.25, 0.3) is 0 Å².